The number of amides is 1. The van der Waals surface area contributed by atoms with E-state index in [-0.39, 0.29) is 11.9 Å². The predicted octanol–water partition coefficient (Wildman–Crippen LogP) is 4.26. The molecule has 0 N–H and O–H groups in total. The molecule has 3 rings (SSSR count). The fourth-order valence-electron chi connectivity index (χ4n) is 2.96. The molecule has 1 heterocycles. The van der Waals surface area contributed by atoms with Crippen LogP contribution in [0.4, 0.5) is 5.69 Å². The summed E-state index contributed by atoms with van der Waals surface area (Å²) in [6.07, 6.45) is 3.99. The van der Waals surface area contributed by atoms with Crippen LogP contribution in [0.3, 0.4) is 0 Å². The number of para-hydroxylation sites is 1. The van der Waals surface area contributed by atoms with Crippen molar-refractivity contribution in [1.82, 2.24) is 0 Å². The number of hydrogen-bond acceptors (Lipinski definition) is 1. The standard InChI is InChI=1S/C22H23N2O/c1-3-24(21-14-8-5-9-15-21)22(25)18(2)23-16-10-13-20(17-23)19-11-6-4-7-12-19/h4-18H,3H2,1-2H3/q+1/t18-/m0/s1. The van der Waals surface area contributed by atoms with Gasteiger partial charge in [0.15, 0.2) is 12.4 Å². The van der Waals surface area contributed by atoms with E-state index in [1.165, 1.54) is 0 Å². The van der Waals surface area contributed by atoms with Crippen molar-refractivity contribution in [1.29, 1.82) is 0 Å². The first-order chi connectivity index (χ1) is 12.2. The molecule has 0 aliphatic heterocycles. The zero-order valence-corrected chi connectivity index (χ0v) is 14.7. The Morgan fingerprint density at radius 3 is 2.16 bits per heavy atom. The maximum atomic E-state index is 13.0. The fraction of sp³-hybridized carbons (Fsp3) is 0.182. The number of hydrogen-bond donors (Lipinski definition) is 0. The number of carbonyl (C=O) groups is 1. The third-order valence-corrected chi connectivity index (χ3v) is 4.38. The van der Waals surface area contributed by atoms with Crippen molar-refractivity contribution in [2.75, 3.05) is 11.4 Å². The van der Waals surface area contributed by atoms with Gasteiger partial charge in [-0.15, -0.1) is 0 Å². The molecule has 0 spiro atoms. The second-order valence-corrected chi connectivity index (χ2v) is 6.00. The topological polar surface area (TPSA) is 24.2 Å². The fourth-order valence-corrected chi connectivity index (χ4v) is 2.96. The summed E-state index contributed by atoms with van der Waals surface area (Å²) in [6.45, 7) is 4.59. The molecule has 3 nitrogen and oxygen atoms in total. The first kappa shape index (κ1) is 16.9. The molecule has 0 bridgehead atoms. The number of likely N-dealkylation sites (N-methyl/N-ethyl adjacent to an activating group) is 1. The van der Waals surface area contributed by atoms with Crippen LogP contribution >= 0.6 is 0 Å². The van der Waals surface area contributed by atoms with E-state index in [4.69, 9.17) is 0 Å². The normalized spacial score (nSPS) is 11.8. The summed E-state index contributed by atoms with van der Waals surface area (Å²) in [4.78, 5) is 14.9. The van der Waals surface area contributed by atoms with Gasteiger partial charge in [0.1, 0.15) is 0 Å². The summed E-state index contributed by atoms with van der Waals surface area (Å²) in [7, 11) is 0. The average molecular weight is 331 g/mol. The minimum atomic E-state index is -0.274. The van der Waals surface area contributed by atoms with E-state index in [1.807, 2.05) is 90.3 Å². The van der Waals surface area contributed by atoms with E-state index >= 15 is 0 Å². The van der Waals surface area contributed by atoms with E-state index in [2.05, 4.69) is 18.2 Å². The number of anilines is 1. The van der Waals surface area contributed by atoms with E-state index in [1.54, 1.807) is 0 Å². The number of aromatic nitrogens is 1. The molecule has 0 saturated carbocycles. The first-order valence-electron chi connectivity index (χ1n) is 8.63. The quantitative estimate of drug-likeness (QED) is 0.641. The molecular formula is C22H23N2O+. The number of nitrogens with zero attached hydrogens (tertiary/aromatic N) is 2. The molecule has 3 aromatic rings. The minimum Gasteiger partial charge on any atom is -0.307 e. The van der Waals surface area contributed by atoms with Crippen LogP contribution in [0.25, 0.3) is 11.1 Å². The number of pyridine rings is 1. The summed E-state index contributed by atoms with van der Waals surface area (Å²) in [6, 6.07) is 23.8. The molecule has 0 fully saturated rings. The van der Waals surface area contributed by atoms with Crippen molar-refractivity contribution < 1.29 is 9.36 Å². The Bertz CT molecular complexity index is 831. The Labute approximate surface area is 149 Å². The van der Waals surface area contributed by atoms with Crippen LogP contribution in [0.15, 0.2) is 85.2 Å². The van der Waals surface area contributed by atoms with Crippen molar-refractivity contribution in [2.24, 2.45) is 0 Å². The molecule has 1 atom stereocenters. The van der Waals surface area contributed by atoms with Crippen molar-refractivity contribution in [3.63, 3.8) is 0 Å². The Hall–Kier alpha value is -2.94. The van der Waals surface area contributed by atoms with Gasteiger partial charge in [-0.3, -0.25) is 4.79 Å². The van der Waals surface area contributed by atoms with Gasteiger partial charge in [-0.05, 0) is 30.7 Å². The van der Waals surface area contributed by atoms with Crippen molar-refractivity contribution in [2.45, 2.75) is 19.9 Å². The summed E-state index contributed by atoms with van der Waals surface area (Å²) < 4.78 is 1.98. The van der Waals surface area contributed by atoms with Gasteiger partial charge >= 0.3 is 0 Å². The highest BCUT2D eigenvalue weighted by Gasteiger charge is 2.27. The molecule has 0 radical (unpaired) electrons. The monoisotopic (exact) mass is 331 g/mol. The van der Waals surface area contributed by atoms with Crippen LogP contribution < -0.4 is 9.47 Å². The molecule has 1 amide bonds. The highest BCUT2D eigenvalue weighted by molar-refractivity contribution is 5.94. The molecule has 0 aliphatic carbocycles. The maximum Gasteiger partial charge on any atom is 0.295 e. The van der Waals surface area contributed by atoms with Gasteiger partial charge in [-0.1, -0.05) is 48.5 Å². The molecule has 0 aliphatic rings. The van der Waals surface area contributed by atoms with Crippen LogP contribution in [-0.2, 0) is 4.79 Å². The van der Waals surface area contributed by atoms with Crippen molar-refractivity contribution in [3.05, 3.63) is 85.2 Å². The third kappa shape index (κ3) is 3.77. The number of carbonyl (C=O) groups excluding carboxylic acids is 1. The Morgan fingerprint density at radius 2 is 1.52 bits per heavy atom. The highest BCUT2D eigenvalue weighted by atomic mass is 16.2. The average Bonchev–Trinajstić information content (AvgIpc) is 2.69. The molecule has 0 unspecified atom stereocenters. The van der Waals surface area contributed by atoms with Crippen LogP contribution in [0.1, 0.15) is 19.9 Å². The largest absolute Gasteiger partial charge is 0.307 e. The number of rotatable bonds is 5. The molecular weight excluding hydrogens is 308 g/mol. The van der Waals surface area contributed by atoms with Gasteiger partial charge in [0.25, 0.3) is 5.91 Å². The lowest BCUT2D eigenvalue weighted by Crippen LogP contribution is -2.48. The van der Waals surface area contributed by atoms with Crippen LogP contribution in [0, 0.1) is 0 Å². The lowest BCUT2D eigenvalue weighted by Gasteiger charge is -2.22. The van der Waals surface area contributed by atoms with E-state index < -0.39 is 0 Å². The molecule has 3 heteroatoms. The summed E-state index contributed by atoms with van der Waals surface area (Å²) in [5.41, 5.74) is 3.18. The van der Waals surface area contributed by atoms with E-state index in [0.717, 1.165) is 16.8 Å². The summed E-state index contributed by atoms with van der Waals surface area (Å²) >= 11 is 0. The highest BCUT2D eigenvalue weighted by Crippen LogP contribution is 2.19. The van der Waals surface area contributed by atoms with Gasteiger partial charge in [0, 0.05) is 30.8 Å². The van der Waals surface area contributed by atoms with Gasteiger partial charge in [0.2, 0.25) is 6.04 Å². The second-order valence-electron chi connectivity index (χ2n) is 6.00. The summed E-state index contributed by atoms with van der Waals surface area (Å²) in [5.74, 6) is 0.0870. The van der Waals surface area contributed by atoms with E-state index in [9.17, 15) is 4.79 Å². The molecule has 1 aromatic heterocycles. The maximum absolute atomic E-state index is 13.0. The molecule has 2 aromatic carbocycles. The second kappa shape index (κ2) is 7.75. The van der Waals surface area contributed by atoms with Gasteiger partial charge in [0.05, 0.1) is 0 Å². The van der Waals surface area contributed by atoms with Gasteiger partial charge < -0.3 is 4.90 Å². The molecule has 25 heavy (non-hydrogen) atoms. The Morgan fingerprint density at radius 1 is 0.920 bits per heavy atom. The van der Waals surface area contributed by atoms with Crippen LogP contribution in [-0.4, -0.2) is 12.5 Å². The third-order valence-electron chi connectivity index (χ3n) is 4.38. The van der Waals surface area contributed by atoms with Crippen LogP contribution in [0.5, 0.6) is 0 Å². The predicted molar refractivity (Wildman–Crippen MR) is 101 cm³/mol. The Balaban J connectivity index is 1.87. The van der Waals surface area contributed by atoms with Crippen molar-refractivity contribution >= 4 is 11.6 Å². The van der Waals surface area contributed by atoms with Crippen molar-refractivity contribution in [3.8, 4) is 11.1 Å². The lowest BCUT2D eigenvalue weighted by atomic mass is 10.1. The molecule has 0 saturated heterocycles. The SMILES string of the molecule is CCN(C(=O)[C@H](C)[n+]1cccc(-c2ccccc2)c1)c1ccccc1. The van der Waals surface area contributed by atoms with Gasteiger partial charge in [-0.25, -0.2) is 0 Å². The zero-order chi connectivity index (χ0) is 17.6. The number of benzene rings is 2. The minimum absolute atomic E-state index is 0.0870. The molecule has 126 valence electrons. The first-order valence-corrected chi connectivity index (χ1v) is 8.63. The summed E-state index contributed by atoms with van der Waals surface area (Å²) in [5, 5.41) is 0. The zero-order valence-electron chi connectivity index (χ0n) is 14.7. The van der Waals surface area contributed by atoms with Crippen LogP contribution in [0.2, 0.25) is 0 Å². The smallest absolute Gasteiger partial charge is 0.295 e. The Kier molecular flexibility index (Phi) is 5.24. The lowest BCUT2D eigenvalue weighted by molar-refractivity contribution is -0.705. The van der Waals surface area contributed by atoms with Gasteiger partial charge in [-0.2, -0.15) is 4.57 Å². The van der Waals surface area contributed by atoms with E-state index in [0.29, 0.717) is 6.54 Å².